The Balaban J connectivity index is 1.64. The molecule has 0 aliphatic carbocycles. The summed E-state index contributed by atoms with van der Waals surface area (Å²) in [4.78, 5) is 23.7. The highest BCUT2D eigenvalue weighted by Gasteiger charge is 2.08. The van der Waals surface area contributed by atoms with Crippen LogP contribution in [-0.2, 0) is 17.6 Å². The van der Waals surface area contributed by atoms with E-state index in [1.54, 1.807) is 36.4 Å². The standard InChI is InChI=1S/C21H18N2O4/c1-2-15-11-21(25)27-19-12-17(7-8-18(15)19)26-13-20(24)23-16-5-3-14(4-6-16)9-10-22/h3-8,11-12H,2,9,13H2,1H3,(H,23,24). The van der Waals surface area contributed by atoms with Crippen molar-refractivity contribution in [3.63, 3.8) is 0 Å². The number of benzene rings is 2. The van der Waals surface area contributed by atoms with Crippen LogP contribution in [-0.4, -0.2) is 12.5 Å². The van der Waals surface area contributed by atoms with Crippen LogP contribution in [0.25, 0.3) is 11.0 Å². The van der Waals surface area contributed by atoms with Crippen molar-refractivity contribution in [1.29, 1.82) is 5.26 Å². The Morgan fingerprint density at radius 2 is 1.96 bits per heavy atom. The number of hydrogen-bond donors (Lipinski definition) is 1. The summed E-state index contributed by atoms with van der Waals surface area (Å²) in [6.45, 7) is 1.79. The van der Waals surface area contributed by atoms with Gasteiger partial charge in [0.2, 0.25) is 0 Å². The van der Waals surface area contributed by atoms with Gasteiger partial charge in [0, 0.05) is 23.2 Å². The molecule has 136 valence electrons. The quantitative estimate of drug-likeness (QED) is 0.678. The summed E-state index contributed by atoms with van der Waals surface area (Å²) in [6.07, 6.45) is 1.05. The molecule has 0 aliphatic heterocycles. The van der Waals surface area contributed by atoms with Gasteiger partial charge in [-0.1, -0.05) is 19.1 Å². The molecule has 1 amide bonds. The van der Waals surface area contributed by atoms with Crippen LogP contribution < -0.4 is 15.7 Å². The van der Waals surface area contributed by atoms with E-state index >= 15 is 0 Å². The summed E-state index contributed by atoms with van der Waals surface area (Å²) in [7, 11) is 0. The second-order valence-corrected chi connectivity index (χ2v) is 5.97. The van der Waals surface area contributed by atoms with Crippen LogP contribution in [0.5, 0.6) is 5.75 Å². The lowest BCUT2D eigenvalue weighted by Crippen LogP contribution is -2.20. The molecule has 0 radical (unpaired) electrons. The van der Waals surface area contributed by atoms with Gasteiger partial charge in [0.1, 0.15) is 11.3 Å². The Morgan fingerprint density at radius 3 is 2.67 bits per heavy atom. The maximum absolute atomic E-state index is 12.1. The molecule has 1 aromatic heterocycles. The fourth-order valence-electron chi connectivity index (χ4n) is 2.74. The van der Waals surface area contributed by atoms with E-state index in [0.29, 0.717) is 23.4 Å². The number of carbonyl (C=O) groups is 1. The number of ether oxygens (including phenoxy) is 1. The van der Waals surface area contributed by atoms with Crippen molar-refractivity contribution in [3.8, 4) is 11.8 Å². The van der Waals surface area contributed by atoms with Crippen LogP contribution in [0.1, 0.15) is 18.1 Å². The van der Waals surface area contributed by atoms with Gasteiger partial charge in [-0.15, -0.1) is 0 Å². The van der Waals surface area contributed by atoms with Crippen LogP contribution in [0, 0.1) is 11.3 Å². The monoisotopic (exact) mass is 362 g/mol. The maximum atomic E-state index is 12.1. The van der Waals surface area contributed by atoms with E-state index in [0.717, 1.165) is 22.9 Å². The number of nitrogens with one attached hydrogen (secondary N) is 1. The Hall–Kier alpha value is -3.59. The summed E-state index contributed by atoms with van der Waals surface area (Å²) in [6, 6.07) is 15.8. The average molecular weight is 362 g/mol. The number of anilines is 1. The van der Waals surface area contributed by atoms with E-state index in [1.807, 2.05) is 13.0 Å². The smallest absolute Gasteiger partial charge is 0.336 e. The highest BCUT2D eigenvalue weighted by molar-refractivity contribution is 5.92. The Kier molecular flexibility index (Phi) is 5.53. The molecule has 6 nitrogen and oxygen atoms in total. The molecule has 0 fully saturated rings. The number of hydrogen-bond acceptors (Lipinski definition) is 5. The zero-order valence-corrected chi connectivity index (χ0v) is 14.8. The first-order valence-electron chi connectivity index (χ1n) is 8.54. The summed E-state index contributed by atoms with van der Waals surface area (Å²) in [5, 5.41) is 12.2. The third-order valence-electron chi connectivity index (χ3n) is 4.07. The molecule has 6 heteroatoms. The number of amides is 1. The minimum atomic E-state index is -0.408. The number of carbonyl (C=O) groups excluding carboxylic acids is 1. The van der Waals surface area contributed by atoms with Gasteiger partial charge in [-0.3, -0.25) is 4.79 Å². The average Bonchev–Trinajstić information content (AvgIpc) is 2.67. The Bertz CT molecular complexity index is 1060. The first-order valence-corrected chi connectivity index (χ1v) is 8.54. The molecular formula is C21H18N2O4. The second-order valence-electron chi connectivity index (χ2n) is 5.97. The zero-order chi connectivity index (χ0) is 19.2. The SMILES string of the molecule is CCc1cc(=O)oc2cc(OCC(=O)Nc3ccc(CC#N)cc3)ccc12. The Morgan fingerprint density at radius 1 is 1.19 bits per heavy atom. The third kappa shape index (κ3) is 4.53. The lowest BCUT2D eigenvalue weighted by atomic mass is 10.1. The van der Waals surface area contributed by atoms with E-state index in [9.17, 15) is 9.59 Å². The molecule has 27 heavy (non-hydrogen) atoms. The molecule has 0 atom stereocenters. The molecule has 2 aromatic carbocycles. The highest BCUT2D eigenvalue weighted by Crippen LogP contribution is 2.23. The van der Waals surface area contributed by atoms with Crippen molar-refractivity contribution < 1.29 is 13.9 Å². The molecule has 3 aromatic rings. The van der Waals surface area contributed by atoms with Crippen molar-refractivity contribution in [1.82, 2.24) is 0 Å². The van der Waals surface area contributed by atoms with Gasteiger partial charge in [0.25, 0.3) is 5.91 Å². The predicted octanol–water partition coefficient (Wildman–Crippen LogP) is 3.44. The largest absolute Gasteiger partial charge is 0.484 e. The van der Waals surface area contributed by atoms with Gasteiger partial charge in [-0.25, -0.2) is 4.79 Å². The first kappa shape index (κ1) is 18.2. The number of aryl methyl sites for hydroxylation is 1. The fourth-order valence-corrected chi connectivity index (χ4v) is 2.74. The van der Waals surface area contributed by atoms with Gasteiger partial charge in [-0.05, 0) is 41.8 Å². The number of nitriles is 1. The molecule has 0 unspecified atom stereocenters. The predicted molar refractivity (Wildman–Crippen MR) is 102 cm³/mol. The van der Waals surface area contributed by atoms with E-state index in [2.05, 4.69) is 11.4 Å². The molecule has 3 rings (SSSR count). The topological polar surface area (TPSA) is 92.3 Å². The van der Waals surface area contributed by atoms with Gasteiger partial charge < -0.3 is 14.5 Å². The van der Waals surface area contributed by atoms with Crippen molar-refractivity contribution in [3.05, 3.63) is 70.1 Å². The van der Waals surface area contributed by atoms with Gasteiger partial charge in [0.15, 0.2) is 6.61 Å². The maximum Gasteiger partial charge on any atom is 0.336 e. The van der Waals surface area contributed by atoms with Crippen molar-refractivity contribution in [2.24, 2.45) is 0 Å². The molecule has 0 bridgehead atoms. The Labute approximate surface area is 156 Å². The molecule has 1 heterocycles. The van der Waals surface area contributed by atoms with E-state index < -0.39 is 5.63 Å². The van der Waals surface area contributed by atoms with Crippen molar-refractivity contribution >= 4 is 22.6 Å². The highest BCUT2D eigenvalue weighted by atomic mass is 16.5. The first-order chi connectivity index (χ1) is 13.1. The molecule has 1 N–H and O–H groups in total. The second kappa shape index (κ2) is 8.19. The van der Waals surface area contributed by atoms with Crippen molar-refractivity contribution in [2.75, 3.05) is 11.9 Å². The van der Waals surface area contributed by atoms with Crippen LogP contribution in [0.3, 0.4) is 0 Å². The van der Waals surface area contributed by atoms with Gasteiger partial charge >= 0.3 is 5.63 Å². The van der Waals surface area contributed by atoms with Crippen LogP contribution in [0.15, 0.2) is 57.7 Å². The third-order valence-corrected chi connectivity index (χ3v) is 4.07. The summed E-state index contributed by atoms with van der Waals surface area (Å²) >= 11 is 0. The minimum Gasteiger partial charge on any atom is -0.484 e. The molecule has 0 saturated heterocycles. The van der Waals surface area contributed by atoms with Gasteiger partial charge in [0.05, 0.1) is 12.5 Å². The fraction of sp³-hybridized carbons (Fsp3) is 0.190. The minimum absolute atomic E-state index is 0.177. The summed E-state index contributed by atoms with van der Waals surface area (Å²) in [5.41, 5.74) is 2.45. The van der Waals surface area contributed by atoms with Crippen molar-refractivity contribution in [2.45, 2.75) is 19.8 Å². The summed E-state index contributed by atoms with van der Waals surface area (Å²) < 4.78 is 10.7. The van der Waals surface area contributed by atoms with E-state index in [4.69, 9.17) is 14.4 Å². The number of fused-ring (bicyclic) bond motifs is 1. The zero-order valence-electron chi connectivity index (χ0n) is 14.8. The van der Waals surface area contributed by atoms with E-state index in [1.165, 1.54) is 6.07 Å². The number of rotatable bonds is 6. The molecule has 0 spiro atoms. The lowest BCUT2D eigenvalue weighted by molar-refractivity contribution is -0.118. The van der Waals surface area contributed by atoms with Gasteiger partial charge in [-0.2, -0.15) is 5.26 Å². The molecular weight excluding hydrogens is 344 g/mol. The molecule has 0 saturated carbocycles. The lowest BCUT2D eigenvalue weighted by Gasteiger charge is -2.09. The summed E-state index contributed by atoms with van der Waals surface area (Å²) in [5.74, 6) is 0.130. The number of nitrogens with zero attached hydrogens (tertiary/aromatic N) is 1. The normalized spacial score (nSPS) is 10.4. The van der Waals surface area contributed by atoms with Crippen LogP contribution in [0.4, 0.5) is 5.69 Å². The van der Waals surface area contributed by atoms with Crippen LogP contribution in [0.2, 0.25) is 0 Å². The van der Waals surface area contributed by atoms with E-state index in [-0.39, 0.29) is 12.5 Å². The molecule has 0 aliphatic rings. The van der Waals surface area contributed by atoms with Crippen LogP contribution >= 0.6 is 0 Å².